The monoisotopic (exact) mass is 341 g/mol. The minimum Gasteiger partial charge on any atom is -0.489 e. The predicted octanol–water partition coefficient (Wildman–Crippen LogP) is 4.06. The molecule has 5 nitrogen and oxygen atoms in total. The first-order chi connectivity index (χ1) is 12.1. The van der Waals surface area contributed by atoms with E-state index >= 15 is 0 Å². The molecule has 0 radical (unpaired) electrons. The van der Waals surface area contributed by atoms with Crippen molar-refractivity contribution in [3.8, 4) is 5.75 Å². The van der Waals surface area contributed by atoms with E-state index in [0.717, 1.165) is 5.56 Å². The number of esters is 1. The van der Waals surface area contributed by atoms with Crippen molar-refractivity contribution in [2.45, 2.75) is 20.1 Å². The quantitative estimate of drug-likeness (QED) is 0.633. The summed E-state index contributed by atoms with van der Waals surface area (Å²) in [5.41, 5.74) is 1.75. The van der Waals surface area contributed by atoms with Gasteiger partial charge in [0, 0.05) is 6.07 Å². The predicted molar refractivity (Wildman–Crippen MR) is 87.5 cm³/mol. The van der Waals surface area contributed by atoms with Gasteiger partial charge in [-0.2, -0.15) is 0 Å². The van der Waals surface area contributed by atoms with Gasteiger partial charge >= 0.3 is 5.97 Å². The van der Waals surface area contributed by atoms with Crippen LogP contribution in [0.25, 0.3) is 0 Å². The summed E-state index contributed by atoms with van der Waals surface area (Å²) in [6, 6.07) is 14.4. The van der Waals surface area contributed by atoms with Gasteiger partial charge in [0.15, 0.2) is 0 Å². The number of carbonyl (C=O) groups is 1. The third-order valence-corrected chi connectivity index (χ3v) is 3.42. The van der Waals surface area contributed by atoms with E-state index in [0.29, 0.717) is 22.8 Å². The lowest BCUT2D eigenvalue weighted by Crippen LogP contribution is -2.06. The van der Waals surface area contributed by atoms with Crippen LogP contribution in [0.2, 0.25) is 0 Å². The molecule has 0 saturated heterocycles. The highest BCUT2D eigenvalue weighted by Crippen LogP contribution is 2.17. The number of benzene rings is 2. The summed E-state index contributed by atoms with van der Waals surface area (Å²) in [5, 5.41) is 3.76. The zero-order valence-corrected chi connectivity index (χ0v) is 13.6. The van der Waals surface area contributed by atoms with Crippen LogP contribution in [0.5, 0.6) is 5.75 Å². The van der Waals surface area contributed by atoms with E-state index in [1.165, 1.54) is 12.1 Å². The maximum atomic E-state index is 12.9. The van der Waals surface area contributed by atoms with Crippen molar-refractivity contribution < 1.29 is 23.2 Å². The molecule has 6 heteroatoms. The van der Waals surface area contributed by atoms with Crippen molar-refractivity contribution in [3.05, 3.63) is 83.0 Å². The summed E-state index contributed by atoms with van der Waals surface area (Å²) in [6.07, 6.45) is 0. The van der Waals surface area contributed by atoms with E-state index in [9.17, 15) is 9.18 Å². The zero-order chi connectivity index (χ0) is 17.6. The Hall–Kier alpha value is -3.15. The Bertz CT molecular complexity index is 858. The summed E-state index contributed by atoms with van der Waals surface area (Å²) in [5.74, 6) is 0.405. The third kappa shape index (κ3) is 4.67. The lowest BCUT2D eigenvalue weighted by molar-refractivity contribution is 0.0463. The molecular weight excluding hydrogens is 325 g/mol. The molecule has 1 aromatic heterocycles. The molecule has 3 aromatic rings. The molecule has 0 N–H and O–H groups in total. The topological polar surface area (TPSA) is 61.6 Å². The van der Waals surface area contributed by atoms with Crippen LogP contribution in [0.15, 0.2) is 59.1 Å². The number of nitrogens with zero attached hydrogens (tertiary/aromatic N) is 1. The first-order valence-corrected chi connectivity index (χ1v) is 7.67. The van der Waals surface area contributed by atoms with Crippen LogP contribution in [0, 0.1) is 12.7 Å². The highest BCUT2D eigenvalue weighted by atomic mass is 19.1. The lowest BCUT2D eigenvalue weighted by Gasteiger charge is -2.08. The highest BCUT2D eigenvalue weighted by Gasteiger charge is 2.10. The van der Waals surface area contributed by atoms with Crippen LogP contribution < -0.4 is 4.74 Å². The number of rotatable bonds is 6. The Morgan fingerprint density at radius 2 is 1.92 bits per heavy atom. The van der Waals surface area contributed by atoms with Gasteiger partial charge < -0.3 is 14.0 Å². The van der Waals surface area contributed by atoms with Crippen LogP contribution in [0.3, 0.4) is 0 Å². The van der Waals surface area contributed by atoms with E-state index < -0.39 is 5.97 Å². The fourth-order valence-corrected chi connectivity index (χ4v) is 2.17. The molecule has 128 valence electrons. The van der Waals surface area contributed by atoms with Gasteiger partial charge in [-0.25, -0.2) is 9.18 Å². The number of halogens is 1. The molecule has 25 heavy (non-hydrogen) atoms. The first kappa shape index (κ1) is 16.7. The molecule has 2 aromatic carbocycles. The number of hydrogen-bond acceptors (Lipinski definition) is 5. The van der Waals surface area contributed by atoms with Crippen molar-refractivity contribution >= 4 is 5.97 Å². The lowest BCUT2D eigenvalue weighted by atomic mass is 10.2. The fraction of sp³-hybridized carbons (Fsp3) is 0.158. The van der Waals surface area contributed by atoms with Crippen LogP contribution in [-0.4, -0.2) is 11.1 Å². The van der Waals surface area contributed by atoms with Gasteiger partial charge in [0.2, 0.25) is 0 Å². The second-order valence-corrected chi connectivity index (χ2v) is 5.45. The second kappa shape index (κ2) is 7.61. The number of hydrogen-bond donors (Lipinski definition) is 0. The average molecular weight is 341 g/mol. The average Bonchev–Trinajstić information content (AvgIpc) is 3.05. The van der Waals surface area contributed by atoms with Crippen molar-refractivity contribution in [2.24, 2.45) is 0 Å². The molecule has 0 spiro atoms. The molecule has 0 aliphatic carbocycles. The summed E-state index contributed by atoms with van der Waals surface area (Å²) in [7, 11) is 0. The van der Waals surface area contributed by atoms with Crippen molar-refractivity contribution in [1.82, 2.24) is 5.16 Å². The Kier molecular flexibility index (Phi) is 5.09. The number of aromatic nitrogens is 1. The molecule has 0 unspecified atom stereocenters. The Labute approximate surface area is 144 Å². The minimum atomic E-state index is -0.479. The summed E-state index contributed by atoms with van der Waals surface area (Å²) in [6.45, 7) is 2.08. The number of carbonyl (C=O) groups excluding carboxylic acids is 1. The number of ether oxygens (including phenoxy) is 2. The first-order valence-electron chi connectivity index (χ1n) is 7.67. The van der Waals surface area contributed by atoms with Gasteiger partial charge in [-0.3, -0.25) is 0 Å². The van der Waals surface area contributed by atoms with Gasteiger partial charge in [0.1, 0.15) is 36.2 Å². The zero-order valence-electron chi connectivity index (χ0n) is 13.6. The molecule has 1 heterocycles. The molecular formula is C19H16FNO4. The second-order valence-electron chi connectivity index (χ2n) is 5.45. The summed E-state index contributed by atoms with van der Waals surface area (Å²) >= 11 is 0. The maximum Gasteiger partial charge on any atom is 0.338 e. The van der Waals surface area contributed by atoms with Gasteiger partial charge in [-0.1, -0.05) is 23.4 Å². The summed E-state index contributed by atoms with van der Waals surface area (Å²) < 4.78 is 28.6. The SMILES string of the molecule is Cc1cc(COC(=O)c2cccc(OCc3ccc(F)cc3)c2)no1. The van der Waals surface area contributed by atoms with E-state index in [-0.39, 0.29) is 19.0 Å². The van der Waals surface area contributed by atoms with E-state index in [4.69, 9.17) is 14.0 Å². The molecule has 0 fully saturated rings. The van der Waals surface area contributed by atoms with Gasteiger partial charge in [0.05, 0.1) is 5.56 Å². The fourth-order valence-electron chi connectivity index (χ4n) is 2.17. The van der Waals surface area contributed by atoms with Crippen molar-refractivity contribution in [1.29, 1.82) is 0 Å². The molecule has 0 aliphatic rings. The Morgan fingerprint density at radius 1 is 1.12 bits per heavy atom. The van der Waals surface area contributed by atoms with Crippen molar-refractivity contribution in [2.75, 3.05) is 0 Å². The molecule has 0 saturated carbocycles. The van der Waals surface area contributed by atoms with Crippen LogP contribution in [0.4, 0.5) is 4.39 Å². The van der Waals surface area contributed by atoms with Gasteiger partial charge in [-0.15, -0.1) is 0 Å². The van der Waals surface area contributed by atoms with E-state index in [1.807, 2.05) is 0 Å². The maximum absolute atomic E-state index is 12.9. The van der Waals surface area contributed by atoms with Crippen LogP contribution >= 0.6 is 0 Å². The smallest absolute Gasteiger partial charge is 0.338 e. The molecule has 0 amide bonds. The normalized spacial score (nSPS) is 10.5. The van der Waals surface area contributed by atoms with Crippen LogP contribution in [0.1, 0.15) is 27.4 Å². The minimum absolute atomic E-state index is 0.0385. The van der Waals surface area contributed by atoms with Gasteiger partial charge in [-0.05, 0) is 42.8 Å². The van der Waals surface area contributed by atoms with Gasteiger partial charge in [0.25, 0.3) is 0 Å². The molecule has 3 rings (SSSR count). The Morgan fingerprint density at radius 3 is 2.64 bits per heavy atom. The number of aryl methyl sites for hydroxylation is 1. The van der Waals surface area contributed by atoms with Crippen molar-refractivity contribution in [3.63, 3.8) is 0 Å². The van der Waals surface area contributed by atoms with Crippen LogP contribution in [-0.2, 0) is 18.0 Å². The standard InChI is InChI=1S/C19H16FNO4/c1-13-9-17(21-25-13)12-24-19(22)15-3-2-4-18(10-15)23-11-14-5-7-16(20)8-6-14/h2-10H,11-12H2,1H3. The molecule has 0 aliphatic heterocycles. The Balaban J connectivity index is 1.58. The highest BCUT2D eigenvalue weighted by molar-refractivity contribution is 5.89. The molecule has 0 atom stereocenters. The van der Waals surface area contributed by atoms with E-state index in [1.54, 1.807) is 49.4 Å². The molecule has 0 bridgehead atoms. The largest absolute Gasteiger partial charge is 0.489 e. The summed E-state index contributed by atoms with van der Waals surface area (Å²) in [4.78, 5) is 12.1. The third-order valence-electron chi connectivity index (χ3n) is 3.42. The van der Waals surface area contributed by atoms with E-state index in [2.05, 4.69) is 5.16 Å².